The van der Waals surface area contributed by atoms with Crippen molar-refractivity contribution in [1.29, 1.82) is 0 Å². The number of imidazole rings is 1. The Morgan fingerprint density at radius 3 is 2.48 bits per heavy atom. The number of hydrogen-bond donors (Lipinski definition) is 1. The Hall–Kier alpha value is -1.13. The molecule has 0 bridgehead atoms. The average Bonchev–Trinajstić information content (AvgIpc) is 2.91. The van der Waals surface area contributed by atoms with E-state index in [-0.39, 0.29) is 0 Å². The standard InChI is InChI=1S/C17H24BrN3/c1-5-19-15(11-16-20-7-8-21(16)6-2)14-9-12(3)17(18)13(4)10-14/h7-10,15,19H,5-6,11H2,1-4H3. The van der Waals surface area contributed by atoms with Crippen molar-refractivity contribution < 1.29 is 0 Å². The molecule has 4 heteroatoms. The number of rotatable bonds is 6. The Kier molecular flexibility index (Phi) is 5.59. The third-order valence-electron chi connectivity index (χ3n) is 3.84. The third-order valence-corrected chi connectivity index (χ3v) is 5.09. The quantitative estimate of drug-likeness (QED) is 0.847. The molecule has 0 spiro atoms. The minimum absolute atomic E-state index is 0.299. The van der Waals surface area contributed by atoms with Crippen LogP contribution in [0.1, 0.15) is 42.4 Å². The van der Waals surface area contributed by atoms with Crippen LogP contribution in [0.4, 0.5) is 0 Å². The molecule has 2 rings (SSSR count). The van der Waals surface area contributed by atoms with Crippen molar-refractivity contribution in [2.24, 2.45) is 0 Å². The smallest absolute Gasteiger partial charge is 0.110 e. The molecule has 0 saturated carbocycles. The van der Waals surface area contributed by atoms with Gasteiger partial charge >= 0.3 is 0 Å². The summed E-state index contributed by atoms with van der Waals surface area (Å²) in [4.78, 5) is 4.51. The summed E-state index contributed by atoms with van der Waals surface area (Å²) in [6.07, 6.45) is 4.85. The Bertz CT molecular complexity index is 581. The van der Waals surface area contributed by atoms with E-state index in [0.717, 1.165) is 25.3 Å². The zero-order valence-corrected chi connectivity index (χ0v) is 14.9. The van der Waals surface area contributed by atoms with Crippen LogP contribution in [0.2, 0.25) is 0 Å². The van der Waals surface area contributed by atoms with Gasteiger partial charge in [0, 0.05) is 35.9 Å². The lowest BCUT2D eigenvalue weighted by molar-refractivity contribution is 0.521. The van der Waals surface area contributed by atoms with Gasteiger partial charge in [-0.1, -0.05) is 35.0 Å². The Labute approximate surface area is 135 Å². The van der Waals surface area contributed by atoms with Crippen LogP contribution in [0.5, 0.6) is 0 Å². The van der Waals surface area contributed by atoms with Crippen LogP contribution >= 0.6 is 15.9 Å². The third kappa shape index (κ3) is 3.74. The number of aryl methyl sites for hydroxylation is 3. The number of aromatic nitrogens is 2. The summed E-state index contributed by atoms with van der Waals surface area (Å²) in [5.74, 6) is 1.14. The number of likely N-dealkylation sites (N-methyl/N-ethyl adjacent to an activating group) is 1. The highest BCUT2D eigenvalue weighted by molar-refractivity contribution is 9.10. The summed E-state index contributed by atoms with van der Waals surface area (Å²) in [5, 5.41) is 3.59. The maximum Gasteiger partial charge on any atom is 0.110 e. The Morgan fingerprint density at radius 2 is 1.90 bits per heavy atom. The molecular weight excluding hydrogens is 326 g/mol. The second-order valence-corrected chi connectivity index (χ2v) is 6.21. The first-order chi connectivity index (χ1) is 10.1. The predicted octanol–water partition coefficient (Wildman–Crippen LogP) is 4.18. The molecule has 0 aliphatic carbocycles. The number of nitrogens with one attached hydrogen (secondary N) is 1. The van der Waals surface area contributed by atoms with Crippen LogP contribution in [0.25, 0.3) is 0 Å². The van der Waals surface area contributed by atoms with Gasteiger partial charge in [0.15, 0.2) is 0 Å². The van der Waals surface area contributed by atoms with Gasteiger partial charge in [0.25, 0.3) is 0 Å². The first-order valence-corrected chi connectivity index (χ1v) is 8.36. The van der Waals surface area contributed by atoms with Crippen LogP contribution in [-0.4, -0.2) is 16.1 Å². The molecule has 1 heterocycles. The van der Waals surface area contributed by atoms with Crippen molar-refractivity contribution in [2.75, 3.05) is 6.54 Å². The molecule has 0 aliphatic heterocycles. The molecule has 0 amide bonds. The van der Waals surface area contributed by atoms with Crippen LogP contribution < -0.4 is 5.32 Å². The van der Waals surface area contributed by atoms with Crippen LogP contribution in [0.15, 0.2) is 29.0 Å². The Balaban J connectivity index is 2.31. The minimum atomic E-state index is 0.299. The molecule has 1 aromatic carbocycles. The normalized spacial score (nSPS) is 12.6. The predicted molar refractivity (Wildman–Crippen MR) is 91.6 cm³/mol. The van der Waals surface area contributed by atoms with Crippen molar-refractivity contribution in [3.63, 3.8) is 0 Å². The number of benzene rings is 1. The molecule has 0 radical (unpaired) electrons. The summed E-state index contributed by atoms with van der Waals surface area (Å²) >= 11 is 3.65. The highest BCUT2D eigenvalue weighted by Gasteiger charge is 2.16. The largest absolute Gasteiger partial charge is 0.335 e. The second kappa shape index (κ2) is 7.23. The van der Waals surface area contributed by atoms with Gasteiger partial charge in [0.05, 0.1) is 0 Å². The van der Waals surface area contributed by atoms with Gasteiger partial charge in [-0.05, 0) is 44.0 Å². The fraction of sp³-hybridized carbons (Fsp3) is 0.471. The van der Waals surface area contributed by atoms with E-state index in [0.29, 0.717) is 6.04 Å². The van der Waals surface area contributed by atoms with Crippen LogP contribution in [0.3, 0.4) is 0 Å². The lowest BCUT2D eigenvalue weighted by Gasteiger charge is -2.20. The van der Waals surface area contributed by atoms with Crippen molar-refractivity contribution in [1.82, 2.24) is 14.9 Å². The zero-order valence-electron chi connectivity index (χ0n) is 13.3. The lowest BCUT2D eigenvalue weighted by atomic mass is 9.98. The molecule has 0 fully saturated rings. The number of hydrogen-bond acceptors (Lipinski definition) is 2. The number of nitrogens with zero attached hydrogens (tertiary/aromatic N) is 2. The van der Waals surface area contributed by atoms with Gasteiger partial charge in [-0.15, -0.1) is 0 Å². The highest BCUT2D eigenvalue weighted by Crippen LogP contribution is 2.27. The molecule has 21 heavy (non-hydrogen) atoms. The van der Waals surface area contributed by atoms with E-state index in [9.17, 15) is 0 Å². The molecular formula is C17H24BrN3. The SMILES string of the molecule is CCNC(Cc1nccn1CC)c1cc(C)c(Br)c(C)c1. The van der Waals surface area contributed by atoms with Gasteiger partial charge in [-0.3, -0.25) is 0 Å². The van der Waals surface area contributed by atoms with Crippen LogP contribution in [0, 0.1) is 13.8 Å². The van der Waals surface area contributed by atoms with Gasteiger partial charge in [0.2, 0.25) is 0 Å². The van der Waals surface area contributed by atoms with E-state index in [2.05, 4.69) is 76.8 Å². The molecule has 1 atom stereocenters. The van der Waals surface area contributed by atoms with Crippen molar-refractivity contribution in [2.45, 2.75) is 46.7 Å². The topological polar surface area (TPSA) is 29.9 Å². The molecule has 1 unspecified atom stereocenters. The highest BCUT2D eigenvalue weighted by atomic mass is 79.9. The number of halogens is 1. The molecule has 114 valence electrons. The van der Waals surface area contributed by atoms with Crippen LogP contribution in [-0.2, 0) is 13.0 Å². The van der Waals surface area contributed by atoms with Crippen molar-refractivity contribution >= 4 is 15.9 Å². The first-order valence-electron chi connectivity index (χ1n) is 7.56. The van der Waals surface area contributed by atoms with Crippen molar-refractivity contribution in [3.05, 3.63) is 51.5 Å². The molecule has 0 aliphatic rings. The average molecular weight is 350 g/mol. The van der Waals surface area contributed by atoms with Gasteiger partial charge in [-0.25, -0.2) is 4.98 Å². The van der Waals surface area contributed by atoms with Gasteiger partial charge in [0.1, 0.15) is 5.82 Å². The summed E-state index contributed by atoms with van der Waals surface area (Å²) in [5.41, 5.74) is 3.90. The summed E-state index contributed by atoms with van der Waals surface area (Å²) in [6, 6.07) is 4.83. The molecule has 1 N–H and O–H groups in total. The monoisotopic (exact) mass is 349 g/mol. The lowest BCUT2D eigenvalue weighted by Crippen LogP contribution is -2.24. The van der Waals surface area contributed by atoms with E-state index in [4.69, 9.17) is 0 Å². The molecule has 0 saturated heterocycles. The van der Waals surface area contributed by atoms with E-state index in [1.807, 2.05) is 6.20 Å². The van der Waals surface area contributed by atoms with Gasteiger partial charge < -0.3 is 9.88 Å². The minimum Gasteiger partial charge on any atom is -0.335 e. The summed E-state index contributed by atoms with van der Waals surface area (Å²) < 4.78 is 3.42. The van der Waals surface area contributed by atoms with Crippen molar-refractivity contribution in [3.8, 4) is 0 Å². The summed E-state index contributed by atoms with van der Waals surface area (Å²) in [6.45, 7) is 10.5. The van der Waals surface area contributed by atoms with E-state index < -0.39 is 0 Å². The maximum atomic E-state index is 4.51. The molecule has 2 aromatic rings. The molecule has 3 nitrogen and oxygen atoms in total. The first kappa shape index (κ1) is 16.2. The van der Waals surface area contributed by atoms with Gasteiger partial charge in [-0.2, -0.15) is 0 Å². The fourth-order valence-electron chi connectivity index (χ4n) is 2.74. The Morgan fingerprint density at radius 1 is 1.24 bits per heavy atom. The second-order valence-electron chi connectivity index (χ2n) is 5.41. The van der Waals surface area contributed by atoms with E-state index in [1.54, 1.807) is 0 Å². The summed E-state index contributed by atoms with van der Waals surface area (Å²) in [7, 11) is 0. The fourth-order valence-corrected chi connectivity index (χ4v) is 2.96. The maximum absolute atomic E-state index is 4.51. The zero-order chi connectivity index (χ0) is 15.4. The van der Waals surface area contributed by atoms with E-state index >= 15 is 0 Å². The van der Waals surface area contributed by atoms with E-state index in [1.165, 1.54) is 21.2 Å². The molecule has 1 aromatic heterocycles.